The number of hydrogen-bond donors (Lipinski definition) is 9. The Bertz CT molecular complexity index is 1840. The Morgan fingerprint density at radius 2 is 1.24 bits per heavy atom. The van der Waals surface area contributed by atoms with Crippen LogP contribution < -0.4 is 43.8 Å². The molecule has 2 aromatic carbocycles. The molecule has 12 N–H and O–H groups in total. The van der Waals surface area contributed by atoms with E-state index >= 15 is 0 Å². The maximum absolute atomic E-state index is 13.7. The molecule has 0 saturated heterocycles. The van der Waals surface area contributed by atoms with E-state index in [0.717, 1.165) is 68.8 Å². The summed E-state index contributed by atoms with van der Waals surface area (Å²) in [5.74, 6) is -4.28. The number of nitrogens with one attached hydrogen (secondary N) is 5. The molecule has 0 aromatic heterocycles. The van der Waals surface area contributed by atoms with E-state index in [1.54, 1.807) is 48.5 Å². The molecular formula is C49H76N8O9S. The first-order chi connectivity index (χ1) is 32.1. The third-order valence-corrected chi connectivity index (χ3v) is 12.4. The number of carbonyl (C=O) groups excluding carboxylic acids is 7. The van der Waals surface area contributed by atoms with Gasteiger partial charge in [-0.3, -0.25) is 28.8 Å². The number of hydrogen-bond acceptors (Lipinski definition) is 11. The number of carboxylic acid groups (broad SMARTS) is 1. The van der Waals surface area contributed by atoms with E-state index in [0.29, 0.717) is 50.0 Å². The summed E-state index contributed by atoms with van der Waals surface area (Å²) >= 11 is 1.53. The Morgan fingerprint density at radius 3 is 1.82 bits per heavy atom. The van der Waals surface area contributed by atoms with Crippen molar-refractivity contribution in [3.63, 3.8) is 0 Å². The number of amides is 6. The predicted molar refractivity (Wildman–Crippen MR) is 262 cm³/mol. The summed E-state index contributed by atoms with van der Waals surface area (Å²) in [5.41, 5.74) is 19.0. The Hall–Kier alpha value is -5.49. The van der Waals surface area contributed by atoms with Gasteiger partial charge in [-0.15, -0.1) is 0 Å². The molecular weight excluding hydrogens is 877 g/mol. The highest BCUT2D eigenvalue weighted by atomic mass is 32.2. The summed E-state index contributed by atoms with van der Waals surface area (Å²) in [6.45, 7) is 3.71. The Balaban J connectivity index is 1.98. The largest absolute Gasteiger partial charge is 0.480 e. The number of nitrogens with two attached hydrogens (primary N) is 3. The molecule has 6 amide bonds. The van der Waals surface area contributed by atoms with Gasteiger partial charge in [0.05, 0.1) is 12.5 Å². The van der Waals surface area contributed by atoms with Gasteiger partial charge < -0.3 is 53.7 Å². The first-order valence-corrected chi connectivity index (χ1v) is 25.1. The van der Waals surface area contributed by atoms with Gasteiger partial charge in [-0.1, -0.05) is 108 Å². The fourth-order valence-electron chi connectivity index (χ4n) is 7.63. The Morgan fingerprint density at radius 1 is 0.672 bits per heavy atom. The van der Waals surface area contributed by atoms with Gasteiger partial charge in [0.2, 0.25) is 35.4 Å². The van der Waals surface area contributed by atoms with Crippen molar-refractivity contribution < 1.29 is 43.5 Å². The van der Waals surface area contributed by atoms with E-state index in [1.165, 1.54) is 11.8 Å². The second-order valence-electron chi connectivity index (χ2n) is 17.3. The van der Waals surface area contributed by atoms with Crippen molar-refractivity contribution in [2.24, 2.45) is 17.4 Å². The van der Waals surface area contributed by atoms with E-state index in [1.807, 2.05) is 26.2 Å². The highest BCUT2D eigenvalue weighted by Crippen LogP contribution is 2.17. The molecule has 0 aliphatic rings. The third-order valence-electron chi connectivity index (χ3n) is 11.8. The third kappa shape index (κ3) is 24.2. The molecule has 0 saturated carbocycles. The number of rotatable bonds is 37. The summed E-state index contributed by atoms with van der Waals surface area (Å²) < 4.78 is 0. The maximum atomic E-state index is 13.7. The first kappa shape index (κ1) is 57.6. The number of nitrogen functional groups attached to an aromatic ring is 1. The van der Waals surface area contributed by atoms with Crippen LogP contribution in [0.15, 0.2) is 54.6 Å². The second-order valence-corrected chi connectivity index (χ2v) is 18.3. The van der Waals surface area contributed by atoms with E-state index in [-0.39, 0.29) is 43.6 Å². The zero-order chi connectivity index (χ0) is 49.6. The average molecular weight is 953 g/mol. The number of aliphatic carboxylic acids is 1. The van der Waals surface area contributed by atoms with Gasteiger partial charge in [-0.2, -0.15) is 11.8 Å². The molecule has 0 radical (unpaired) electrons. The van der Waals surface area contributed by atoms with Crippen LogP contribution in [0.3, 0.4) is 0 Å². The van der Waals surface area contributed by atoms with Gasteiger partial charge >= 0.3 is 5.97 Å². The summed E-state index contributed by atoms with van der Waals surface area (Å²) in [5, 5.41) is 24.2. The number of carbonyl (C=O) groups is 8. The molecule has 1 unspecified atom stereocenters. The molecule has 18 heteroatoms. The fourth-order valence-corrected chi connectivity index (χ4v) is 8.10. The van der Waals surface area contributed by atoms with Crippen LogP contribution in [0.25, 0.3) is 0 Å². The highest BCUT2D eigenvalue weighted by Gasteiger charge is 2.32. The van der Waals surface area contributed by atoms with E-state index in [2.05, 4.69) is 26.6 Å². The van der Waals surface area contributed by atoms with Crippen LogP contribution in [0, 0.1) is 5.92 Å². The van der Waals surface area contributed by atoms with E-state index in [9.17, 15) is 43.5 Å². The molecule has 17 nitrogen and oxygen atoms in total. The van der Waals surface area contributed by atoms with Gasteiger partial charge in [0, 0.05) is 37.4 Å². The molecule has 372 valence electrons. The smallest absolute Gasteiger partial charge is 0.326 e. The van der Waals surface area contributed by atoms with E-state index < -0.39 is 65.7 Å². The number of thioether (sulfide) groups is 1. The van der Waals surface area contributed by atoms with Crippen LogP contribution >= 0.6 is 11.8 Å². The number of unbranched alkanes of at least 4 members (excludes halogenated alkanes) is 8. The Labute approximate surface area is 400 Å². The highest BCUT2D eigenvalue weighted by molar-refractivity contribution is 7.98. The monoisotopic (exact) mass is 953 g/mol. The normalized spacial score (nSPS) is 14.3. The van der Waals surface area contributed by atoms with Crippen LogP contribution in [0.4, 0.5) is 5.69 Å². The SMILES string of the molecule is CC[C@@H](C)[C@H](NC(=O)[C@H](CCSC)NC(=O)CCCCCCCC(CCCCCCC=O)N[C@@H](CC(N)=O)C(=O)N[C@@H](Cc1ccccc1)C(=O)O)C(=O)N[C@@H](Cc1ccc(N)cc1)C(N)=O. The maximum Gasteiger partial charge on any atom is 0.326 e. The quantitative estimate of drug-likeness (QED) is 0.0265. The molecule has 7 atom stereocenters. The topological polar surface area (TPSA) is 295 Å². The first-order valence-electron chi connectivity index (χ1n) is 23.7. The second kappa shape index (κ2) is 33.1. The van der Waals surface area contributed by atoms with Gasteiger partial charge in [0.1, 0.15) is 30.5 Å². The minimum Gasteiger partial charge on any atom is -0.480 e. The molecule has 67 heavy (non-hydrogen) atoms. The standard InChI is InChI=1S/C49H76N8O9S/c1-4-33(2)44(48(64)55-39(45(52)61)30-35-23-25-36(50)26-24-35)57-46(62)38(27-29-67-3)54-43(60)22-16-9-5-7-14-20-37(21-15-8-6-10-17-28-58)53-40(32-42(51)59)47(63)56-41(49(65)66)31-34-18-12-11-13-19-34/h11-13,18-19,23-26,28,33,37-41,44,53H,4-10,14-17,20-22,27,29-32,50H2,1-3H3,(H2,51,59)(H2,52,61)(H,54,60)(H,55,64)(H,56,63)(H,57,62)(H,65,66)/t33-,37?,38+,39+,40+,41+,44+/m1/s1. The van der Waals surface area contributed by atoms with Crippen LogP contribution in [0.5, 0.6) is 0 Å². The summed E-state index contributed by atoms with van der Waals surface area (Å²) in [7, 11) is 0. The lowest BCUT2D eigenvalue weighted by molar-refractivity contribution is -0.142. The van der Waals surface area contributed by atoms with Gasteiger partial charge in [0.25, 0.3) is 0 Å². The van der Waals surface area contributed by atoms with Crippen molar-refractivity contribution >= 4 is 65.1 Å². The molecule has 0 bridgehead atoms. The van der Waals surface area contributed by atoms with Gasteiger partial charge in [0.15, 0.2) is 0 Å². The van der Waals surface area contributed by atoms with Gasteiger partial charge in [-0.25, -0.2) is 4.79 Å². The number of carboxylic acids is 1. The lowest BCUT2D eigenvalue weighted by atomic mass is 9.96. The van der Waals surface area contributed by atoms with Crippen molar-refractivity contribution in [3.05, 3.63) is 65.7 Å². The molecule has 0 aliphatic carbocycles. The van der Waals surface area contributed by atoms with Crippen molar-refractivity contribution in [1.82, 2.24) is 26.6 Å². The summed E-state index contributed by atoms with van der Waals surface area (Å²) in [6, 6.07) is 10.5. The van der Waals surface area contributed by atoms with Crippen molar-refractivity contribution in [2.45, 2.75) is 166 Å². The lowest BCUT2D eigenvalue weighted by Gasteiger charge is -2.28. The van der Waals surface area contributed by atoms with Crippen LogP contribution in [-0.4, -0.2) is 101 Å². The molecule has 0 spiro atoms. The zero-order valence-electron chi connectivity index (χ0n) is 39.6. The number of aldehydes is 1. The fraction of sp³-hybridized carbons (Fsp3) is 0.592. The molecule has 0 fully saturated rings. The minimum absolute atomic E-state index is 0.0681. The average Bonchev–Trinajstić information content (AvgIpc) is 3.29. The van der Waals surface area contributed by atoms with Crippen molar-refractivity contribution in [3.8, 4) is 0 Å². The van der Waals surface area contributed by atoms with Crippen LogP contribution in [0.2, 0.25) is 0 Å². The van der Waals surface area contributed by atoms with E-state index in [4.69, 9.17) is 17.2 Å². The van der Waals surface area contributed by atoms with Crippen molar-refractivity contribution in [2.75, 3.05) is 17.7 Å². The Kier molecular flexibility index (Phi) is 28.4. The lowest BCUT2D eigenvalue weighted by Crippen LogP contribution is -2.58. The van der Waals surface area contributed by atoms with Crippen molar-refractivity contribution in [1.29, 1.82) is 0 Å². The predicted octanol–water partition coefficient (Wildman–Crippen LogP) is 3.83. The number of benzene rings is 2. The molecule has 0 heterocycles. The summed E-state index contributed by atoms with van der Waals surface area (Å²) in [6.07, 6.45) is 12.8. The molecule has 2 rings (SSSR count). The number of primary amides is 2. The number of anilines is 1. The van der Waals surface area contributed by atoms with Gasteiger partial charge in [-0.05, 0) is 73.3 Å². The minimum atomic E-state index is -1.21. The van der Waals surface area contributed by atoms with Crippen LogP contribution in [-0.2, 0) is 51.2 Å². The summed E-state index contributed by atoms with van der Waals surface area (Å²) in [4.78, 5) is 101. The molecule has 0 aliphatic heterocycles. The van der Waals surface area contributed by atoms with Crippen LogP contribution in [0.1, 0.15) is 128 Å². The zero-order valence-corrected chi connectivity index (χ0v) is 40.4. The molecule has 2 aromatic rings.